The molecule has 3 aromatic rings. The largest absolute Gasteiger partial charge is 0.445 e. The molecule has 2 aromatic heterocycles. The minimum Gasteiger partial charge on any atom is -0.445 e. The lowest BCUT2D eigenvalue weighted by Gasteiger charge is -2.20. The van der Waals surface area contributed by atoms with Crippen LogP contribution in [0.4, 0.5) is 0 Å². The zero-order valence-electron chi connectivity index (χ0n) is 18.0. The molecule has 154 valence electrons. The van der Waals surface area contributed by atoms with Crippen LogP contribution in [0, 0.1) is 13.8 Å². The third kappa shape index (κ3) is 4.27. The van der Waals surface area contributed by atoms with E-state index < -0.39 is 0 Å². The van der Waals surface area contributed by atoms with Gasteiger partial charge in [-0.2, -0.15) is 0 Å². The maximum atomic E-state index is 5.75. The Bertz CT molecular complexity index is 956. The Morgan fingerprint density at radius 1 is 1.07 bits per heavy atom. The van der Waals surface area contributed by atoms with Crippen LogP contribution in [0.3, 0.4) is 0 Å². The van der Waals surface area contributed by atoms with Crippen molar-refractivity contribution in [2.24, 2.45) is 0 Å². The summed E-state index contributed by atoms with van der Waals surface area (Å²) in [5.41, 5.74) is 3.56. The molecule has 29 heavy (non-hydrogen) atoms. The van der Waals surface area contributed by atoms with Gasteiger partial charge >= 0.3 is 0 Å². The second-order valence-electron chi connectivity index (χ2n) is 8.98. The number of aromatic nitrogens is 4. The van der Waals surface area contributed by atoms with Gasteiger partial charge in [-0.1, -0.05) is 69.6 Å². The average Bonchev–Trinajstić information content (AvgIpc) is 3.40. The van der Waals surface area contributed by atoms with E-state index in [1.165, 1.54) is 31.2 Å². The Hall–Kier alpha value is -2.08. The van der Waals surface area contributed by atoms with Crippen LogP contribution in [0.1, 0.15) is 75.4 Å². The number of thioether (sulfide) groups is 1. The lowest BCUT2D eigenvalue weighted by Crippen LogP contribution is -2.11. The summed E-state index contributed by atoms with van der Waals surface area (Å²) in [6.07, 6.45) is 4.92. The fourth-order valence-corrected chi connectivity index (χ4v) is 4.76. The SMILES string of the molecule is Cc1nc(CSc2nnc(-c3ccc(C(C)(C)C)cc3)n2C2CCCC2)oc1C. The second-order valence-corrected chi connectivity index (χ2v) is 9.92. The van der Waals surface area contributed by atoms with Crippen molar-refractivity contribution in [3.05, 3.63) is 47.2 Å². The third-order valence-corrected chi connectivity index (χ3v) is 6.69. The van der Waals surface area contributed by atoms with E-state index in [4.69, 9.17) is 4.42 Å². The highest BCUT2D eigenvalue weighted by molar-refractivity contribution is 7.98. The van der Waals surface area contributed by atoms with Crippen molar-refractivity contribution in [1.29, 1.82) is 0 Å². The quantitative estimate of drug-likeness (QED) is 0.465. The van der Waals surface area contributed by atoms with Crippen LogP contribution in [-0.4, -0.2) is 19.7 Å². The van der Waals surface area contributed by atoms with Crippen LogP contribution in [0.2, 0.25) is 0 Å². The van der Waals surface area contributed by atoms with Gasteiger partial charge < -0.3 is 4.42 Å². The van der Waals surface area contributed by atoms with Crippen molar-refractivity contribution < 1.29 is 4.42 Å². The molecule has 1 aliphatic carbocycles. The van der Waals surface area contributed by atoms with Gasteiger partial charge in [-0.3, -0.25) is 4.57 Å². The Kier molecular flexibility index (Phi) is 5.56. The molecule has 2 heterocycles. The topological polar surface area (TPSA) is 56.7 Å². The molecular weight excluding hydrogens is 380 g/mol. The lowest BCUT2D eigenvalue weighted by molar-refractivity contribution is 0.481. The number of rotatable bonds is 5. The van der Waals surface area contributed by atoms with Crippen LogP contribution in [0.5, 0.6) is 0 Å². The summed E-state index contributed by atoms with van der Waals surface area (Å²) in [6.45, 7) is 10.7. The number of aryl methyl sites for hydroxylation is 2. The fraction of sp³-hybridized carbons (Fsp3) is 0.522. The molecule has 1 fully saturated rings. The van der Waals surface area contributed by atoms with Crippen molar-refractivity contribution >= 4 is 11.8 Å². The Balaban J connectivity index is 1.63. The van der Waals surface area contributed by atoms with Gasteiger partial charge in [0.05, 0.1) is 11.4 Å². The van der Waals surface area contributed by atoms with E-state index in [9.17, 15) is 0 Å². The highest BCUT2D eigenvalue weighted by Gasteiger charge is 2.25. The summed E-state index contributed by atoms with van der Waals surface area (Å²) < 4.78 is 8.10. The summed E-state index contributed by atoms with van der Waals surface area (Å²) in [5.74, 6) is 3.28. The number of hydrogen-bond donors (Lipinski definition) is 0. The first-order valence-electron chi connectivity index (χ1n) is 10.4. The zero-order chi connectivity index (χ0) is 20.6. The Morgan fingerprint density at radius 2 is 1.76 bits per heavy atom. The van der Waals surface area contributed by atoms with Crippen LogP contribution in [0.15, 0.2) is 33.8 Å². The number of oxazole rings is 1. The van der Waals surface area contributed by atoms with Crippen LogP contribution >= 0.6 is 11.8 Å². The number of benzene rings is 1. The molecule has 0 aliphatic heterocycles. The Labute approximate surface area is 177 Å². The smallest absolute Gasteiger partial charge is 0.205 e. The van der Waals surface area contributed by atoms with Crippen molar-refractivity contribution in [3.63, 3.8) is 0 Å². The van der Waals surface area contributed by atoms with Crippen LogP contribution < -0.4 is 0 Å². The highest BCUT2D eigenvalue weighted by atomic mass is 32.2. The lowest BCUT2D eigenvalue weighted by atomic mass is 9.86. The minimum atomic E-state index is 0.144. The third-order valence-electron chi connectivity index (χ3n) is 5.76. The van der Waals surface area contributed by atoms with Crippen molar-refractivity contribution in [2.75, 3.05) is 0 Å². The normalized spacial score (nSPS) is 15.3. The summed E-state index contributed by atoms with van der Waals surface area (Å²) in [5, 5.41) is 10.1. The van der Waals surface area contributed by atoms with Gasteiger partial charge in [0.2, 0.25) is 5.89 Å². The molecule has 0 atom stereocenters. The molecular formula is C23H30N4OS. The maximum Gasteiger partial charge on any atom is 0.205 e. The van der Waals surface area contributed by atoms with Gasteiger partial charge in [-0.15, -0.1) is 10.2 Å². The summed E-state index contributed by atoms with van der Waals surface area (Å²) in [4.78, 5) is 4.51. The maximum absolute atomic E-state index is 5.75. The van der Waals surface area contributed by atoms with E-state index in [2.05, 4.69) is 64.8 Å². The second kappa shape index (κ2) is 7.98. The summed E-state index contributed by atoms with van der Waals surface area (Å²) in [7, 11) is 0. The molecule has 0 saturated heterocycles. The molecule has 0 unspecified atom stereocenters. The number of hydrogen-bond acceptors (Lipinski definition) is 5. The summed E-state index contributed by atoms with van der Waals surface area (Å²) >= 11 is 1.67. The van der Waals surface area contributed by atoms with Gasteiger partial charge in [0.1, 0.15) is 5.76 Å². The van der Waals surface area contributed by atoms with E-state index in [1.807, 2.05) is 13.8 Å². The first-order chi connectivity index (χ1) is 13.8. The van der Waals surface area contributed by atoms with Crippen LogP contribution in [-0.2, 0) is 11.2 Å². The van der Waals surface area contributed by atoms with Crippen molar-refractivity contribution in [2.45, 2.75) is 82.7 Å². The molecule has 0 amide bonds. The monoisotopic (exact) mass is 410 g/mol. The predicted molar refractivity (Wildman–Crippen MR) is 117 cm³/mol. The molecule has 0 radical (unpaired) electrons. The molecule has 6 heteroatoms. The Morgan fingerprint density at radius 3 is 2.34 bits per heavy atom. The van der Waals surface area contributed by atoms with E-state index in [-0.39, 0.29) is 5.41 Å². The molecule has 0 spiro atoms. The molecule has 1 aliphatic rings. The molecule has 4 rings (SSSR count). The molecule has 0 N–H and O–H groups in total. The van der Waals surface area contributed by atoms with Gasteiger partial charge in [-0.25, -0.2) is 4.98 Å². The standard InChI is InChI=1S/C23H30N4OS/c1-15-16(2)28-20(24-15)14-29-22-26-25-21(27(22)19-8-6-7-9-19)17-10-12-18(13-11-17)23(3,4)5/h10-13,19H,6-9,14H2,1-5H3. The van der Waals surface area contributed by atoms with E-state index in [1.54, 1.807) is 11.8 Å². The average molecular weight is 411 g/mol. The minimum absolute atomic E-state index is 0.144. The van der Waals surface area contributed by atoms with Gasteiger partial charge in [0.25, 0.3) is 0 Å². The summed E-state index contributed by atoms with van der Waals surface area (Å²) in [6, 6.07) is 9.27. The van der Waals surface area contributed by atoms with E-state index in [0.29, 0.717) is 11.8 Å². The van der Waals surface area contributed by atoms with Gasteiger partial charge in [-0.05, 0) is 37.7 Å². The fourth-order valence-electron chi connectivity index (χ4n) is 3.91. The molecule has 1 aromatic carbocycles. The highest BCUT2D eigenvalue weighted by Crippen LogP contribution is 2.37. The van der Waals surface area contributed by atoms with E-state index in [0.717, 1.165) is 33.9 Å². The first kappa shape index (κ1) is 20.2. The first-order valence-corrected chi connectivity index (χ1v) is 11.4. The molecule has 0 bridgehead atoms. The van der Waals surface area contributed by atoms with Crippen molar-refractivity contribution in [3.8, 4) is 11.4 Å². The van der Waals surface area contributed by atoms with Crippen LogP contribution in [0.25, 0.3) is 11.4 Å². The van der Waals surface area contributed by atoms with Crippen molar-refractivity contribution in [1.82, 2.24) is 19.7 Å². The predicted octanol–water partition coefficient (Wildman–Crippen LogP) is 6.25. The van der Waals surface area contributed by atoms with E-state index >= 15 is 0 Å². The van der Waals surface area contributed by atoms with Gasteiger partial charge in [0.15, 0.2) is 11.0 Å². The number of nitrogens with zero attached hydrogens (tertiary/aromatic N) is 4. The molecule has 5 nitrogen and oxygen atoms in total. The van der Waals surface area contributed by atoms with Gasteiger partial charge in [0, 0.05) is 11.6 Å². The zero-order valence-corrected chi connectivity index (χ0v) is 18.8. The molecule has 1 saturated carbocycles.